The fourth-order valence-electron chi connectivity index (χ4n) is 3.54. The third-order valence-electron chi connectivity index (χ3n) is 4.86. The van der Waals surface area contributed by atoms with E-state index in [1.54, 1.807) is 36.4 Å². The van der Waals surface area contributed by atoms with Gasteiger partial charge in [0.05, 0.1) is 30.0 Å². The lowest BCUT2D eigenvalue weighted by atomic mass is 10.1. The molecule has 2 aromatic rings. The predicted octanol–water partition coefficient (Wildman–Crippen LogP) is 2.63. The average molecular weight is 367 g/mol. The van der Waals surface area contributed by atoms with E-state index in [1.165, 1.54) is 4.90 Å². The van der Waals surface area contributed by atoms with E-state index in [0.29, 0.717) is 24.3 Å². The minimum absolute atomic E-state index is 0.298. The lowest BCUT2D eigenvalue weighted by Crippen LogP contribution is -2.48. The summed E-state index contributed by atoms with van der Waals surface area (Å²) in [5.74, 6) is -0.596. The molecule has 0 aromatic heterocycles. The summed E-state index contributed by atoms with van der Waals surface area (Å²) in [4.78, 5) is 27.3. The minimum atomic E-state index is -0.592. The Kier molecular flexibility index (Phi) is 4.65. The first-order chi connectivity index (χ1) is 13.1. The van der Waals surface area contributed by atoms with Crippen molar-refractivity contribution in [1.29, 1.82) is 0 Å². The maximum atomic E-state index is 13.0. The Morgan fingerprint density at radius 3 is 2.30 bits per heavy atom. The summed E-state index contributed by atoms with van der Waals surface area (Å²) >= 11 is 0. The third-order valence-corrected chi connectivity index (χ3v) is 4.86. The van der Waals surface area contributed by atoms with Gasteiger partial charge >= 0.3 is 0 Å². The van der Waals surface area contributed by atoms with Gasteiger partial charge in [0.2, 0.25) is 0 Å². The highest BCUT2D eigenvalue weighted by Crippen LogP contribution is 2.42. The lowest BCUT2D eigenvalue weighted by molar-refractivity contribution is -0.0827. The molecule has 4 rings (SSSR count). The fraction of sp³-hybridized carbons (Fsp3) is 0.300. The number of nitrogens with zero attached hydrogens (tertiary/aromatic N) is 2. The highest BCUT2D eigenvalue weighted by atomic mass is 16.5. The molecular formula is C20H21N3O4. The second kappa shape index (κ2) is 7.11. The van der Waals surface area contributed by atoms with Crippen LogP contribution >= 0.6 is 0 Å². The van der Waals surface area contributed by atoms with Crippen molar-refractivity contribution in [2.75, 3.05) is 25.7 Å². The SMILES string of the molecule is COCCOC(C)N1Nc2ccccc2C1N1C(=O)c2ccccc2C1=O. The van der Waals surface area contributed by atoms with Crippen molar-refractivity contribution in [1.82, 2.24) is 9.91 Å². The summed E-state index contributed by atoms with van der Waals surface area (Å²) in [6.07, 6.45) is -0.979. The van der Waals surface area contributed by atoms with Gasteiger partial charge in [0, 0.05) is 12.7 Å². The lowest BCUT2D eigenvalue weighted by Gasteiger charge is -2.34. The second-order valence-corrected chi connectivity index (χ2v) is 6.47. The average Bonchev–Trinajstić information content (AvgIpc) is 3.18. The zero-order valence-electron chi connectivity index (χ0n) is 15.2. The molecule has 2 aromatic carbocycles. The number of ether oxygens (including phenoxy) is 2. The van der Waals surface area contributed by atoms with Crippen LogP contribution in [0.2, 0.25) is 0 Å². The largest absolute Gasteiger partial charge is 0.382 e. The molecule has 0 aliphatic carbocycles. The third kappa shape index (κ3) is 2.90. The number of hydrogen-bond donors (Lipinski definition) is 1. The summed E-state index contributed by atoms with van der Waals surface area (Å²) < 4.78 is 10.9. The van der Waals surface area contributed by atoms with Crippen molar-refractivity contribution >= 4 is 17.5 Å². The van der Waals surface area contributed by atoms with Gasteiger partial charge in [-0.1, -0.05) is 30.3 Å². The zero-order chi connectivity index (χ0) is 19.0. The van der Waals surface area contributed by atoms with Crippen LogP contribution in [0.25, 0.3) is 0 Å². The van der Waals surface area contributed by atoms with Crippen LogP contribution in [0.4, 0.5) is 5.69 Å². The zero-order valence-corrected chi connectivity index (χ0v) is 15.2. The van der Waals surface area contributed by atoms with Crippen molar-refractivity contribution < 1.29 is 19.1 Å². The molecule has 2 unspecified atom stereocenters. The standard InChI is InChI=1S/C20H21N3O4/c1-13(27-12-11-26-2)23-18(16-9-5-6-10-17(16)21-23)22-19(24)14-7-3-4-8-15(14)20(22)25/h3-10,13,18,21H,11-12H2,1-2H3. The first kappa shape index (κ1) is 17.7. The number of nitrogens with one attached hydrogen (secondary N) is 1. The Balaban J connectivity index is 1.69. The first-order valence-corrected chi connectivity index (χ1v) is 8.85. The van der Waals surface area contributed by atoms with E-state index < -0.39 is 6.17 Å². The molecule has 0 radical (unpaired) electrons. The van der Waals surface area contributed by atoms with Crippen molar-refractivity contribution in [2.45, 2.75) is 19.3 Å². The maximum Gasteiger partial charge on any atom is 0.263 e. The molecule has 7 nitrogen and oxygen atoms in total. The summed E-state index contributed by atoms with van der Waals surface area (Å²) in [6.45, 7) is 2.74. The highest BCUT2D eigenvalue weighted by Gasteiger charge is 2.47. The Morgan fingerprint density at radius 2 is 1.63 bits per heavy atom. The van der Waals surface area contributed by atoms with Crippen LogP contribution in [0, 0.1) is 0 Å². The van der Waals surface area contributed by atoms with Gasteiger partial charge in [-0.3, -0.25) is 14.5 Å². The number of carbonyl (C=O) groups excluding carboxylic acids is 2. The Bertz CT molecular complexity index is 850. The van der Waals surface area contributed by atoms with Gasteiger partial charge in [-0.05, 0) is 25.1 Å². The van der Waals surface area contributed by atoms with Gasteiger partial charge in [0.25, 0.3) is 11.8 Å². The number of hydrogen-bond acceptors (Lipinski definition) is 6. The van der Waals surface area contributed by atoms with E-state index in [2.05, 4.69) is 5.43 Å². The van der Waals surface area contributed by atoms with Gasteiger partial charge in [0.15, 0.2) is 0 Å². The van der Waals surface area contributed by atoms with Gasteiger partial charge in [-0.15, -0.1) is 0 Å². The van der Waals surface area contributed by atoms with Gasteiger partial charge in [0.1, 0.15) is 12.4 Å². The van der Waals surface area contributed by atoms with E-state index in [1.807, 2.05) is 31.2 Å². The molecule has 1 N–H and O–H groups in total. The number of amides is 2. The van der Waals surface area contributed by atoms with E-state index >= 15 is 0 Å². The summed E-state index contributed by atoms with van der Waals surface area (Å²) in [7, 11) is 1.61. The summed E-state index contributed by atoms with van der Waals surface area (Å²) in [5, 5.41) is 1.79. The fourth-order valence-corrected chi connectivity index (χ4v) is 3.54. The Hall–Kier alpha value is -2.74. The topological polar surface area (TPSA) is 71.1 Å². The van der Waals surface area contributed by atoms with E-state index in [-0.39, 0.29) is 18.0 Å². The molecule has 0 fully saturated rings. The number of imide groups is 1. The van der Waals surface area contributed by atoms with Gasteiger partial charge < -0.3 is 14.9 Å². The van der Waals surface area contributed by atoms with Gasteiger partial charge in [-0.25, -0.2) is 0 Å². The molecule has 2 aliphatic rings. The van der Waals surface area contributed by atoms with Crippen molar-refractivity contribution in [3.8, 4) is 0 Å². The molecule has 2 heterocycles. The van der Waals surface area contributed by atoms with Crippen LogP contribution in [0.1, 0.15) is 39.4 Å². The molecule has 27 heavy (non-hydrogen) atoms. The quantitative estimate of drug-likeness (QED) is 0.625. The predicted molar refractivity (Wildman–Crippen MR) is 98.9 cm³/mol. The molecule has 2 aliphatic heterocycles. The maximum absolute atomic E-state index is 13.0. The number of rotatable bonds is 6. The first-order valence-electron chi connectivity index (χ1n) is 8.85. The molecular weight excluding hydrogens is 346 g/mol. The van der Waals surface area contributed by atoms with Crippen molar-refractivity contribution in [2.24, 2.45) is 0 Å². The number of hydrazine groups is 1. The molecule has 0 saturated heterocycles. The number of methoxy groups -OCH3 is 1. The summed E-state index contributed by atoms with van der Waals surface area (Å²) in [6, 6.07) is 14.5. The van der Waals surface area contributed by atoms with Crippen LogP contribution in [-0.2, 0) is 9.47 Å². The monoisotopic (exact) mass is 367 g/mol. The minimum Gasteiger partial charge on any atom is -0.382 e. The number of benzene rings is 2. The van der Waals surface area contributed by atoms with Crippen LogP contribution < -0.4 is 5.43 Å². The molecule has 2 amide bonds. The van der Waals surface area contributed by atoms with Gasteiger partial charge in [-0.2, -0.15) is 5.01 Å². The van der Waals surface area contributed by atoms with E-state index in [0.717, 1.165) is 11.3 Å². The summed E-state index contributed by atoms with van der Waals surface area (Å²) in [5.41, 5.74) is 5.84. The van der Waals surface area contributed by atoms with Crippen molar-refractivity contribution in [3.63, 3.8) is 0 Å². The normalized spacial score (nSPS) is 19.8. The molecule has 7 heteroatoms. The number of fused-ring (bicyclic) bond motifs is 2. The molecule has 2 atom stereocenters. The smallest absolute Gasteiger partial charge is 0.263 e. The molecule has 140 valence electrons. The second-order valence-electron chi connectivity index (χ2n) is 6.47. The van der Waals surface area contributed by atoms with Crippen LogP contribution in [0.3, 0.4) is 0 Å². The number of anilines is 1. The van der Waals surface area contributed by atoms with Crippen LogP contribution in [0.15, 0.2) is 48.5 Å². The van der Waals surface area contributed by atoms with E-state index in [9.17, 15) is 9.59 Å². The molecule has 0 saturated carbocycles. The number of carbonyl (C=O) groups is 2. The van der Waals surface area contributed by atoms with Crippen LogP contribution in [-0.4, -0.2) is 48.3 Å². The highest BCUT2D eigenvalue weighted by molar-refractivity contribution is 6.21. The Labute approximate surface area is 157 Å². The van der Waals surface area contributed by atoms with Crippen molar-refractivity contribution in [3.05, 3.63) is 65.2 Å². The Morgan fingerprint density at radius 1 is 1.00 bits per heavy atom. The molecule has 0 spiro atoms. The number of para-hydroxylation sites is 1. The van der Waals surface area contributed by atoms with Crippen LogP contribution in [0.5, 0.6) is 0 Å². The molecule has 0 bridgehead atoms. The van der Waals surface area contributed by atoms with E-state index in [4.69, 9.17) is 9.47 Å².